The number of carbonyl (C=O) groups is 1. The van der Waals surface area contributed by atoms with Crippen molar-refractivity contribution in [2.75, 3.05) is 67.7 Å². The van der Waals surface area contributed by atoms with Crippen molar-refractivity contribution < 1.29 is 14.3 Å². The van der Waals surface area contributed by atoms with Crippen LogP contribution in [-0.4, -0.2) is 68.1 Å². The van der Waals surface area contributed by atoms with Crippen LogP contribution in [0.2, 0.25) is 0 Å². The average Bonchev–Trinajstić information content (AvgIpc) is 3.38. The highest BCUT2D eigenvalue weighted by Gasteiger charge is 2.20. The van der Waals surface area contributed by atoms with Crippen molar-refractivity contribution in [3.05, 3.63) is 78.6 Å². The number of anilines is 3. The van der Waals surface area contributed by atoms with E-state index in [2.05, 4.69) is 32.2 Å². The Morgan fingerprint density at radius 3 is 2.19 bits per heavy atom. The predicted octanol–water partition coefficient (Wildman–Crippen LogP) is 3.95. The number of rotatable bonds is 5. The molecule has 2 fully saturated rings. The topological polar surface area (TPSA) is 71.9 Å². The first-order chi connectivity index (χ1) is 17.8. The van der Waals surface area contributed by atoms with Crippen LogP contribution in [0.3, 0.4) is 0 Å². The number of morpholine rings is 2. The summed E-state index contributed by atoms with van der Waals surface area (Å²) in [6.45, 7) is 6.15. The molecule has 3 heterocycles. The minimum absolute atomic E-state index is 0.134. The van der Waals surface area contributed by atoms with Gasteiger partial charge in [0.25, 0.3) is 5.91 Å². The Bertz CT molecular complexity index is 1360. The fourth-order valence-corrected chi connectivity index (χ4v) is 4.84. The number of para-hydroxylation sites is 2. The van der Waals surface area contributed by atoms with Crippen molar-refractivity contribution in [2.24, 2.45) is 0 Å². The third-order valence-corrected chi connectivity index (χ3v) is 6.82. The fraction of sp³-hybridized carbons (Fsp3) is 0.286. The van der Waals surface area contributed by atoms with E-state index in [0.29, 0.717) is 18.8 Å². The van der Waals surface area contributed by atoms with E-state index >= 15 is 0 Å². The summed E-state index contributed by atoms with van der Waals surface area (Å²) < 4.78 is 13.1. The van der Waals surface area contributed by atoms with E-state index in [0.717, 1.165) is 73.2 Å². The molecule has 0 unspecified atom stereocenters. The molecule has 2 aliphatic heterocycles. The van der Waals surface area contributed by atoms with Gasteiger partial charge < -0.3 is 24.6 Å². The second kappa shape index (κ2) is 10.0. The molecule has 0 bridgehead atoms. The second-order valence-electron chi connectivity index (χ2n) is 9.00. The van der Waals surface area contributed by atoms with Gasteiger partial charge in [-0.3, -0.25) is 9.36 Å². The number of amides is 1. The quantitative estimate of drug-likeness (QED) is 0.464. The third kappa shape index (κ3) is 4.53. The van der Waals surface area contributed by atoms with E-state index in [1.54, 1.807) is 0 Å². The van der Waals surface area contributed by atoms with Crippen LogP contribution in [0.4, 0.5) is 17.1 Å². The van der Waals surface area contributed by atoms with Gasteiger partial charge in [0, 0.05) is 43.1 Å². The summed E-state index contributed by atoms with van der Waals surface area (Å²) >= 11 is 0. The van der Waals surface area contributed by atoms with E-state index in [4.69, 9.17) is 9.47 Å². The lowest BCUT2D eigenvalue weighted by Crippen LogP contribution is -2.38. The van der Waals surface area contributed by atoms with Crippen molar-refractivity contribution in [3.63, 3.8) is 0 Å². The van der Waals surface area contributed by atoms with Crippen LogP contribution < -0.4 is 15.1 Å². The summed E-state index contributed by atoms with van der Waals surface area (Å²) in [5.74, 6) is -0.134. The largest absolute Gasteiger partial charge is 0.378 e. The summed E-state index contributed by atoms with van der Waals surface area (Å²) in [6, 6.07) is 21.9. The number of hydrogen-bond donors (Lipinski definition) is 1. The number of carbonyl (C=O) groups excluding carboxylic acids is 1. The van der Waals surface area contributed by atoms with Gasteiger partial charge in [-0.15, -0.1) is 0 Å². The average molecular weight is 484 g/mol. The van der Waals surface area contributed by atoms with Gasteiger partial charge in [-0.1, -0.05) is 12.1 Å². The van der Waals surface area contributed by atoms with Crippen LogP contribution in [0.5, 0.6) is 0 Å². The van der Waals surface area contributed by atoms with Crippen LogP contribution in [0, 0.1) is 0 Å². The normalized spacial score (nSPS) is 16.3. The molecule has 4 aromatic rings. The predicted molar refractivity (Wildman–Crippen MR) is 142 cm³/mol. The highest BCUT2D eigenvalue weighted by atomic mass is 16.5. The number of nitrogens with one attached hydrogen (secondary N) is 1. The Hall–Kier alpha value is -3.88. The van der Waals surface area contributed by atoms with Crippen LogP contribution in [0.1, 0.15) is 10.4 Å². The van der Waals surface area contributed by atoms with Crippen LogP contribution >= 0.6 is 0 Å². The van der Waals surface area contributed by atoms with Gasteiger partial charge in [0.2, 0.25) is 0 Å². The smallest absolute Gasteiger partial charge is 0.255 e. The van der Waals surface area contributed by atoms with E-state index in [1.165, 1.54) is 0 Å². The molecular weight excluding hydrogens is 454 g/mol. The molecule has 1 amide bonds. The molecule has 0 aliphatic carbocycles. The zero-order valence-corrected chi connectivity index (χ0v) is 20.1. The van der Waals surface area contributed by atoms with Gasteiger partial charge in [-0.05, 0) is 54.6 Å². The Morgan fingerprint density at radius 2 is 1.44 bits per heavy atom. The summed E-state index contributed by atoms with van der Waals surface area (Å²) in [4.78, 5) is 22.3. The maximum atomic E-state index is 13.2. The lowest BCUT2D eigenvalue weighted by atomic mass is 10.1. The minimum Gasteiger partial charge on any atom is -0.378 e. The van der Waals surface area contributed by atoms with Crippen molar-refractivity contribution in [3.8, 4) is 5.69 Å². The Labute approximate surface area is 210 Å². The van der Waals surface area contributed by atoms with Gasteiger partial charge in [0.15, 0.2) is 0 Å². The van der Waals surface area contributed by atoms with Crippen molar-refractivity contribution in [1.29, 1.82) is 0 Å². The van der Waals surface area contributed by atoms with E-state index < -0.39 is 0 Å². The van der Waals surface area contributed by atoms with Gasteiger partial charge in [-0.2, -0.15) is 0 Å². The summed E-state index contributed by atoms with van der Waals surface area (Å²) in [5, 5.41) is 3.15. The molecule has 1 aromatic heterocycles. The minimum atomic E-state index is -0.134. The fourth-order valence-electron chi connectivity index (χ4n) is 4.84. The Morgan fingerprint density at radius 1 is 0.778 bits per heavy atom. The molecule has 3 aromatic carbocycles. The number of aromatic nitrogens is 2. The van der Waals surface area contributed by atoms with E-state index in [-0.39, 0.29) is 5.91 Å². The number of nitrogens with zero attached hydrogens (tertiary/aromatic N) is 4. The molecule has 36 heavy (non-hydrogen) atoms. The van der Waals surface area contributed by atoms with Gasteiger partial charge in [0.1, 0.15) is 6.33 Å². The number of ether oxygens (including phenoxy) is 2. The number of benzene rings is 3. The molecule has 1 N–H and O–H groups in total. The van der Waals surface area contributed by atoms with Crippen LogP contribution in [0.15, 0.2) is 73.1 Å². The SMILES string of the molecule is O=C(Nc1ccc(N2CCOCC2)cc1N1CCOCC1)c1ccc(-n2cnc3ccccc32)cc1. The van der Waals surface area contributed by atoms with Crippen LogP contribution in [-0.2, 0) is 9.47 Å². The van der Waals surface area contributed by atoms with Crippen molar-refractivity contribution >= 4 is 34.0 Å². The summed E-state index contributed by atoms with van der Waals surface area (Å²) in [5.41, 5.74) is 6.52. The molecule has 0 atom stereocenters. The molecule has 184 valence electrons. The van der Waals surface area contributed by atoms with Crippen LogP contribution in [0.25, 0.3) is 16.7 Å². The van der Waals surface area contributed by atoms with Gasteiger partial charge in [-0.25, -0.2) is 4.98 Å². The number of imidazole rings is 1. The lowest BCUT2D eigenvalue weighted by molar-refractivity contribution is 0.102. The lowest BCUT2D eigenvalue weighted by Gasteiger charge is -2.33. The molecule has 0 radical (unpaired) electrons. The van der Waals surface area contributed by atoms with E-state index in [9.17, 15) is 4.79 Å². The standard InChI is InChI=1S/C28H29N5O3/c34-28(21-5-7-22(8-6-21)33-20-29-24-3-1-2-4-26(24)33)30-25-10-9-23(31-11-15-35-16-12-31)19-27(25)32-13-17-36-18-14-32/h1-10,19-20H,11-18H2,(H,30,34). The number of fused-ring (bicyclic) bond motifs is 1. The zero-order valence-electron chi connectivity index (χ0n) is 20.1. The first-order valence-corrected chi connectivity index (χ1v) is 12.4. The van der Waals surface area contributed by atoms with Crippen molar-refractivity contribution in [1.82, 2.24) is 9.55 Å². The maximum absolute atomic E-state index is 13.2. The Balaban J connectivity index is 1.24. The first kappa shape index (κ1) is 22.6. The molecule has 6 rings (SSSR count). The third-order valence-electron chi connectivity index (χ3n) is 6.82. The molecule has 0 saturated carbocycles. The highest BCUT2D eigenvalue weighted by Crippen LogP contribution is 2.32. The molecule has 2 aliphatic rings. The molecule has 2 saturated heterocycles. The zero-order chi connectivity index (χ0) is 24.3. The van der Waals surface area contributed by atoms with Gasteiger partial charge >= 0.3 is 0 Å². The molecule has 8 nitrogen and oxygen atoms in total. The van der Waals surface area contributed by atoms with Crippen molar-refractivity contribution in [2.45, 2.75) is 0 Å². The van der Waals surface area contributed by atoms with E-state index in [1.807, 2.05) is 65.5 Å². The van der Waals surface area contributed by atoms with Gasteiger partial charge in [0.05, 0.1) is 48.8 Å². The molecule has 8 heteroatoms. The second-order valence-corrected chi connectivity index (χ2v) is 9.00. The first-order valence-electron chi connectivity index (χ1n) is 12.4. The Kier molecular flexibility index (Phi) is 6.27. The number of hydrogen-bond acceptors (Lipinski definition) is 6. The highest BCUT2D eigenvalue weighted by molar-refractivity contribution is 6.06. The molecular formula is C28H29N5O3. The summed E-state index contributed by atoms with van der Waals surface area (Å²) in [7, 11) is 0. The molecule has 0 spiro atoms. The monoisotopic (exact) mass is 483 g/mol. The summed E-state index contributed by atoms with van der Waals surface area (Å²) in [6.07, 6.45) is 1.81. The maximum Gasteiger partial charge on any atom is 0.255 e.